The number of hydrogen-bond acceptors (Lipinski definition) is 7. The van der Waals surface area contributed by atoms with E-state index < -0.39 is 17.8 Å². The van der Waals surface area contributed by atoms with Gasteiger partial charge in [0.15, 0.2) is 11.3 Å². The van der Waals surface area contributed by atoms with E-state index in [4.69, 9.17) is 4.74 Å². The molecule has 1 amide bonds. The van der Waals surface area contributed by atoms with Gasteiger partial charge in [0.2, 0.25) is 0 Å². The number of carbonyl (C=O) groups is 1. The van der Waals surface area contributed by atoms with Crippen LogP contribution in [0.25, 0.3) is 16.7 Å². The summed E-state index contributed by atoms with van der Waals surface area (Å²) in [4.78, 5) is 28.6. The normalized spacial score (nSPS) is 17.6. The van der Waals surface area contributed by atoms with Crippen molar-refractivity contribution in [1.29, 1.82) is 0 Å². The van der Waals surface area contributed by atoms with Crippen molar-refractivity contribution >= 4 is 28.4 Å². The SMILES string of the molecule is Cc1nc(N[C@H](C)c2cccc(C(F)(F)F)c2C)c2cc(C(=O)N3CC4(COC4)C3)c3ncnn3c2n1. The van der Waals surface area contributed by atoms with E-state index in [2.05, 4.69) is 25.4 Å². The van der Waals surface area contributed by atoms with E-state index >= 15 is 0 Å². The molecular formula is C25H24F3N7O2. The van der Waals surface area contributed by atoms with Crippen molar-refractivity contribution in [1.82, 2.24) is 29.5 Å². The van der Waals surface area contributed by atoms with Crippen LogP contribution in [0.1, 0.15) is 45.8 Å². The number of carbonyl (C=O) groups excluding carboxylic acids is 1. The van der Waals surface area contributed by atoms with Crippen molar-refractivity contribution < 1.29 is 22.7 Å². The second kappa shape index (κ2) is 8.10. The van der Waals surface area contributed by atoms with Gasteiger partial charge < -0.3 is 15.0 Å². The number of rotatable bonds is 4. The molecule has 0 bridgehead atoms. The molecular weight excluding hydrogens is 487 g/mol. The van der Waals surface area contributed by atoms with Gasteiger partial charge in [0.05, 0.1) is 41.2 Å². The number of likely N-dealkylation sites (tertiary alicyclic amines) is 1. The fourth-order valence-corrected chi connectivity index (χ4v) is 5.28. The van der Waals surface area contributed by atoms with Gasteiger partial charge in [-0.25, -0.2) is 15.0 Å². The maximum absolute atomic E-state index is 13.5. The van der Waals surface area contributed by atoms with Crippen molar-refractivity contribution in [3.8, 4) is 0 Å². The Morgan fingerprint density at radius 1 is 1.16 bits per heavy atom. The highest BCUT2D eigenvalue weighted by Crippen LogP contribution is 2.39. The molecule has 1 aromatic carbocycles. The highest BCUT2D eigenvalue weighted by molar-refractivity contribution is 6.05. The third-order valence-electron chi connectivity index (χ3n) is 7.20. The molecule has 1 spiro atoms. The molecule has 12 heteroatoms. The summed E-state index contributed by atoms with van der Waals surface area (Å²) < 4.78 is 47.3. The predicted octanol–water partition coefficient (Wildman–Crippen LogP) is 3.95. The highest BCUT2D eigenvalue weighted by atomic mass is 19.4. The molecule has 2 fully saturated rings. The first-order chi connectivity index (χ1) is 17.6. The van der Waals surface area contributed by atoms with E-state index in [1.165, 1.54) is 23.8 Å². The lowest BCUT2D eigenvalue weighted by Crippen LogP contribution is -2.67. The number of amides is 1. The Kier molecular flexibility index (Phi) is 5.17. The van der Waals surface area contributed by atoms with Crippen molar-refractivity contribution in [3.05, 3.63) is 58.7 Å². The van der Waals surface area contributed by atoms with E-state index in [-0.39, 0.29) is 16.9 Å². The minimum Gasteiger partial charge on any atom is -0.380 e. The molecule has 6 rings (SSSR count). The lowest BCUT2D eigenvalue weighted by atomic mass is 9.78. The molecule has 9 nitrogen and oxygen atoms in total. The van der Waals surface area contributed by atoms with Gasteiger partial charge in [0.1, 0.15) is 18.0 Å². The van der Waals surface area contributed by atoms with Gasteiger partial charge in [0, 0.05) is 13.1 Å². The number of nitrogens with zero attached hydrogens (tertiary/aromatic N) is 6. The Labute approximate surface area is 209 Å². The number of nitrogens with one attached hydrogen (secondary N) is 1. The molecule has 0 radical (unpaired) electrons. The number of fused-ring (bicyclic) bond motifs is 3. The van der Waals surface area contributed by atoms with Crippen LogP contribution in [0, 0.1) is 19.3 Å². The third kappa shape index (κ3) is 3.78. The summed E-state index contributed by atoms with van der Waals surface area (Å²) in [5.41, 5.74) is 1.20. The smallest absolute Gasteiger partial charge is 0.380 e. The molecule has 1 N–H and O–H groups in total. The number of alkyl halides is 3. The van der Waals surface area contributed by atoms with Crippen molar-refractivity contribution in [3.63, 3.8) is 0 Å². The summed E-state index contributed by atoms with van der Waals surface area (Å²) in [6.07, 6.45) is -3.09. The van der Waals surface area contributed by atoms with Gasteiger partial charge in [-0.05, 0) is 44.0 Å². The Bertz CT molecular complexity index is 1550. The van der Waals surface area contributed by atoms with Gasteiger partial charge in [-0.3, -0.25) is 4.79 Å². The van der Waals surface area contributed by atoms with Crippen LogP contribution in [-0.2, 0) is 10.9 Å². The standard InChI is InChI=1S/C25H24F3N7O2/c1-13-16(5-4-6-19(13)25(26,27)28)14(2)31-20-17-7-18(23(36)34-8-24(9-34)10-37-11-24)21-29-12-30-35(21)22(17)33-15(3)32-20/h4-7,12,14H,8-11H2,1-3H3,(H,31,32,33)/t14-/m1/s1. The molecule has 0 saturated carbocycles. The van der Waals surface area contributed by atoms with Crippen molar-refractivity contribution in [2.45, 2.75) is 33.0 Å². The maximum Gasteiger partial charge on any atom is 0.416 e. The number of hydrogen-bond donors (Lipinski definition) is 1. The van der Waals surface area contributed by atoms with Gasteiger partial charge in [0.25, 0.3) is 5.91 Å². The van der Waals surface area contributed by atoms with Gasteiger partial charge in [-0.2, -0.15) is 22.8 Å². The molecule has 2 aliphatic rings. The van der Waals surface area contributed by atoms with Crippen molar-refractivity contribution in [2.24, 2.45) is 5.41 Å². The fourth-order valence-electron chi connectivity index (χ4n) is 5.28. The van der Waals surface area contributed by atoms with Crippen molar-refractivity contribution in [2.75, 3.05) is 31.6 Å². The molecule has 192 valence electrons. The Hall–Kier alpha value is -3.80. The number of aromatic nitrogens is 5. The molecule has 1 atom stereocenters. The van der Waals surface area contributed by atoms with Crippen LogP contribution in [0.5, 0.6) is 0 Å². The van der Waals surface area contributed by atoms with Gasteiger partial charge in [-0.15, -0.1) is 0 Å². The lowest BCUT2D eigenvalue weighted by Gasteiger charge is -2.54. The molecule has 0 aliphatic carbocycles. The second-order valence-corrected chi connectivity index (χ2v) is 9.95. The van der Waals surface area contributed by atoms with Crippen LogP contribution in [0.15, 0.2) is 30.6 Å². The number of anilines is 1. The zero-order valence-corrected chi connectivity index (χ0v) is 20.4. The summed E-state index contributed by atoms with van der Waals surface area (Å²) in [6, 6.07) is 5.31. The first kappa shape index (κ1) is 23.6. The largest absolute Gasteiger partial charge is 0.416 e. The number of pyridine rings is 1. The Balaban J connectivity index is 1.41. The number of halogens is 3. The lowest BCUT2D eigenvalue weighted by molar-refractivity contribution is -0.176. The van der Waals surface area contributed by atoms with Crippen LogP contribution in [0.3, 0.4) is 0 Å². The van der Waals surface area contributed by atoms with Crippen LogP contribution in [0.2, 0.25) is 0 Å². The Morgan fingerprint density at radius 3 is 2.59 bits per heavy atom. The summed E-state index contributed by atoms with van der Waals surface area (Å²) in [7, 11) is 0. The summed E-state index contributed by atoms with van der Waals surface area (Å²) >= 11 is 0. The topological polar surface area (TPSA) is 97.5 Å². The molecule has 5 heterocycles. The molecule has 37 heavy (non-hydrogen) atoms. The quantitative estimate of drug-likeness (QED) is 0.443. The predicted molar refractivity (Wildman–Crippen MR) is 128 cm³/mol. The number of aryl methyl sites for hydroxylation is 1. The van der Waals surface area contributed by atoms with Crippen LogP contribution >= 0.6 is 0 Å². The first-order valence-corrected chi connectivity index (χ1v) is 11.9. The van der Waals surface area contributed by atoms with E-state index in [0.29, 0.717) is 65.8 Å². The maximum atomic E-state index is 13.5. The van der Waals surface area contributed by atoms with E-state index in [1.54, 1.807) is 30.9 Å². The fraction of sp³-hybridized carbons (Fsp3) is 0.400. The summed E-state index contributed by atoms with van der Waals surface area (Å²) in [6.45, 7) is 7.49. The zero-order valence-electron chi connectivity index (χ0n) is 20.4. The van der Waals surface area contributed by atoms with Crippen LogP contribution < -0.4 is 5.32 Å². The number of benzene rings is 1. The zero-order chi connectivity index (χ0) is 26.1. The second-order valence-electron chi connectivity index (χ2n) is 9.95. The average Bonchev–Trinajstić information content (AvgIpc) is 3.26. The molecule has 4 aromatic rings. The van der Waals surface area contributed by atoms with E-state index in [9.17, 15) is 18.0 Å². The number of ether oxygens (including phenoxy) is 1. The minimum atomic E-state index is -4.45. The first-order valence-electron chi connectivity index (χ1n) is 11.9. The molecule has 2 aliphatic heterocycles. The third-order valence-corrected chi connectivity index (χ3v) is 7.20. The van der Waals surface area contributed by atoms with Gasteiger partial charge in [-0.1, -0.05) is 12.1 Å². The molecule has 2 saturated heterocycles. The molecule has 0 unspecified atom stereocenters. The summed E-state index contributed by atoms with van der Waals surface area (Å²) in [5, 5.41) is 8.06. The summed E-state index contributed by atoms with van der Waals surface area (Å²) in [5.74, 6) is 0.657. The van der Waals surface area contributed by atoms with Crippen LogP contribution in [-0.4, -0.2) is 61.7 Å². The van der Waals surface area contributed by atoms with Crippen LogP contribution in [0.4, 0.5) is 19.0 Å². The average molecular weight is 512 g/mol. The van der Waals surface area contributed by atoms with E-state index in [1.807, 2.05) is 0 Å². The minimum absolute atomic E-state index is 0.0572. The van der Waals surface area contributed by atoms with Gasteiger partial charge >= 0.3 is 6.18 Å². The Morgan fingerprint density at radius 2 is 1.92 bits per heavy atom. The monoisotopic (exact) mass is 511 g/mol. The highest BCUT2D eigenvalue weighted by Gasteiger charge is 2.51. The molecule has 3 aromatic heterocycles. The van der Waals surface area contributed by atoms with E-state index in [0.717, 1.165) is 6.07 Å².